The highest BCUT2D eigenvalue weighted by Gasteiger charge is 2.27. The van der Waals surface area contributed by atoms with Gasteiger partial charge in [-0.25, -0.2) is 4.39 Å². The van der Waals surface area contributed by atoms with Crippen molar-refractivity contribution in [2.24, 2.45) is 0 Å². The number of carbonyl (C=O) groups is 2. The highest BCUT2D eigenvalue weighted by molar-refractivity contribution is 6.33. The smallest absolute Gasteiger partial charge is 0.258 e. The van der Waals surface area contributed by atoms with Crippen LogP contribution in [0.3, 0.4) is 0 Å². The zero-order chi connectivity index (χ0) is 22.5. The molecule has 7 nitrogen and oxygen atoms in total. The monoisotopic (exact) mass is 450 g/mol. The SMILES string of the molecule is COc1cc(C(=O)N2CCCN(C(=O)c3c(F)cccc3Cl)CC2)cc(OC)c1OC. The Bertz CT molecular complexity index is 939. The summed E-state index contributed by atoms with van der Waals surface area (Å²) in [5.41, 5.74) is 0.236. The van der Waals surface area contributed by atoms with E-state index >= 15 is 0 Å². The first kappa shape index (κ1) is 22.7. The average Bonchev–Trinajstić information content (AvgIpc) is 3.03. The van der Waals surface area contributed by atoms with Crippen LogP contribution in [0.15, 0.2) is 30.3 Å². The van der Waals surface area contributed by atoms with Gasteiger partial charge in [-0.05, 0) is 30.7 Å². The molecule has 3 rings (SSSR count). The number of methoxy groups -OCH3 is 3. The van der Waals surface area contributed by atoms with Crippen LogP contribution in [0, 0.1) is 5.82 Å². The van der Waals surface area contributed by atoms with Crippen LogP contribution >= 0.6 is 11.6 Å². The Labute approximate surface area is 185 Å². The van der Waals surface area contributed by atoms with Crippen LogP contribution in [-0.2, 0) is 0 Å². The zero-order valence-corrected chi connectivity index (χ0v) is 18.4. The number of amides is 2. The van der Waals surface area contributed by atoms with E-state index in [9.17, 15) is 14.0 Å². The third kappa shape index (κ3) is 4.69. The first-order valence-electron chi connectivity index (χ1n) is 9.73. The van der Waals surface area contributed by atoms with Gasteiger partial charge in [-0.1, -0.05) is 17.7 Å². The van der Waals surface area contributed by atoms with E-state index in [0.717, 1.165) is 0 Å². The number of halogens is 2. The van der Waals surface area contributed by atoms with E-state index in [1.807, 2.05) is 0 Å². The van der Waals surface area contributed by atoms with Gasteiger partial charge in [0.1, 0.15) is 5.82 Å². The lowest BCUT2D eigenvalue weighted by atomic mass is 10.1. The van der Waals surface area contributed by atoms with Gasteiger partial charge in [-0.15, -0.1) is 0 Å². The summed E-state index contributed by atoms with van der Waals surface area (Å²) in [6.45, 7) is 1.40. The van der Waals surface area contributed by atoms with Crippen molar-refractivity contribution in [1.29, 1.82) is 0 Å². The predicted octanol–water partition coefficient (Wildman–Crippen LogP) is 3.49. The maximum absolute atomic E-state index is 14.2. The highest BCUT2D eigenvalue weighted by atomic mass is 35.5. The molecule has 0 atom stereocenters. The van der Waals surface area contributed by atoms with Crippen LogP contribution < -0.4 is 14.2 Å². The molecule has 0 saturated carbocycles. The minimum atomic E-state index is -0.660. The number of rotatable bonds is 5. The lowest BCUT2D eigenvalue weighted by molar-refractivity contribution is 0.0716. The highest BCUT2D eigenvalue weighted by Crippen LogP contribution is 2.38. The van der Waals surface area contributed by atoms with E-state index in [-0.39, 0.29) is 23.0 Å². The van der Waals surface area contributed by atoms with Gasteiger partial charge in [0, 0.05) is 31.7 Å². The van der Waals surface area contributed by atoms with Gasteiger partial charge in [-0.3, -0.25) is 9.59 Å². The van der Waals surface area contributed by atoms with E-state index in [2.05, 4.69) is 0 Å². The number of ether oxygens (including phenoxy) is 3. The number of benzene rings is 2. The Kier molecular flexibility index (Phi) is 7.22. The van der Waals surface area contributed by atoms with Crippen LogP contribution in [0.2, 0.25) is 5.02 Å². The van der Waals surface area contributed by atoms with E-state index in [1.165, 1.54) is 44.4 Å². The average molecular weight is 451 g/mol. The van der Waals surface area contributed by atoms with Gasteiger partial charge in [-0.2, -0.15) is 0 Å². The standard InChI is InChI=1S/C22H24ClFN2O5/c1-29-17-12-14(13-18(30-2)20(17)31-3)21(27)25-8-5-9-26(11-10-25)22(28)19-15(23)6-4-7-16(19)24/h4,6-7,12-13H,5,8-11H2,1-3H3. The molecular formula is C22H24ClFN2O5. The molecule has 0 bridgehead atoms. The molecule has 2 aromatic rings. The largest absolute Gasteiger partial charge is 0.493 e. The molecule has 0 N–H and O–H groups in total. The summed E-state index contributed by atoms with van der Waals surface area (Å²) in [4.78, 5) is 29.1. The molecule has 0 unspecified atom stereocenters. The second kappa shape index (κ2) is 9.87. The van der Waals surface area contributed by atoms with Crippen molar-refractivity contribution < 1.29 is 28.2 Å². The zero-order valence-electron chi connectivity index (χ0n) is 17.6. The summed E-state index contributed by atoms with van der Waals surface area (Å²) in [7, 11) is 4.45. The van der Waals surface area contributed by atoms with Crippen molar-refractivity contribution in [2.45, 2.75) is 6.42 Å². The van der Waals surface area contributed by atoms with Crippen molar-refractivity contribution in [2.75, 3.05) is 47.5 Å². The fourth-order valence-electron chi connectivity index (χ4n) is 3.57. The van der Waals surface area contributed by atoms with Gasteiger partial charge >= 0.3 is 0 Å². The molecule has 0 aromatic heterocycles. The summed E-state index contributed by atoms with van der Waals surface area (Å²) in [5, 5.41) is 0.0691. The number of carbonyl (C=O) groups excluding carboxylic acids is 2. The quantitative estimate of drug-likeness (QED) is 0.697. The van der Waals surface area contributed by atoms with Crippen LogP contribution in [0.25, 0.3) is 0 Å². The molecule has 1 saturated heterocycles. The Hall–Kier alpha value is -3.00. The third-order valence-corrected chi connectivity index (χ3v) is 5.47. The summed E-state index contributed by atoms with van der Waals surface area (Å²) < 4.78 is 30.1. The Morgan fingerprint density at radius 1 is 0.903 bits per heavy atom. The number of nitrogens with zero attached hydrogens (tertiary/aromatic N) is 2. The molecule has 0 aliphatic carbocycles. The maximum atomic E-state index is 14.2. The molecule has 2 aromatic carbocycles. The van der Waals surface area contributed by atoms with Crippen molar-refractivity contribution in [3.05, 3.63) is 52.3 Å². The van der Waals surface area contributed by atoms with Gasteiger partial charge in [0.15, 0.2) is 11.5 Å². The summed E-state index contributed by atoms with van der Waals surface area (Å²) in [6.07, 6.45) is 0.550. The first-order valence-corrected chi connectivity index (χ1v) is 10.1. The van der Waals surface area contributed by atoms with Gasteiger partial charge in [0.2, 0.25) is 5.75 Å². The normalized spacial score (nSPS) is 14.1. The minimum absolute atomic E-state index is 0.0691. The maximum Gasteiger partial charge on any atom is 0.258 e. The number of hydrogen-bond donors (Lipinski definition) is 0. The summed E-state index contributed by atoms with van der Waals surface area (Å²) in [5.74, 6) is -0.206. The van der Waals surface area contributed by atoms with Crippen molar-refractivity contribution in [3.63, 3.8) is 0 Å². The lowest BCUT2D eigenvalue weighted by Gasteiger charge is -2.23. The van der Waals surface area contributed by atoms with Gasteiger partial charge in [0.05, 0.1) is 31.9 Å². The van der Waals surface area contributed by atoms with Gasteiger partial charge in [0.25, 0.3) is 11.8 Å². The molecule has 0 spiro atoms. The van der Waals surface area contributed by atoms with E-state index in [0.29, 0.717) is 48.9 Å². The van der Waals surface area contributed by atoms with Crippen LogP contribution in [0.5, 0.6) is 17.2 Å². The molecular weight excluding hydrogens is 427 g/mol. The lowest BCUT2D eigenvalue weighted by Crippen LogP contribution is -2.37. The second-order valence-electron chi connectivity index (χ2n) is 6.95. The van der Waals surface area contributed by atoms with Crippen LogP contribution in [-0.4, -0.2) is 69.1 Å². The molecule has 1 aliphatic rings. The van der Waals surface area contributed by atoms with E-state index in [1.54, 1.807) is 17.0 Å². The fraction of sp³-hybridized carbons (Fsp3) is 0.364. The summed E-state index contributed by atoms with van der Waals surface area (Å²) in [6, 6.07) is 7.33. The first-order chi connectivity index (χ1) is 14.9. The molecule has 2 amide bonds. The van der Waals surface area contributed by atoms with Crippen molar-refractivity contribution in [1.82, 2.24) is 9.80 Å². The second-order valence-corrected chi connectivity index (χ2v) is 7.36. The van der Waals surface area contributed by atoms with E-state index in [4.69, 9.17) is 25.8 Å². The van der Waals surface area contributed by atoms with Crippen molar-refractivity contribution in [3.8, 4) is 17.2 Å². The topological polar surface area (TPSA) is 68.3 Å². The van der Waals surface area contributed by atoms with Crippen molar-refractivity contribution >= 4 is 23.4 Å². The number of hydrogen-bond acceptors (Lipinski definition) is 5. The Morgan fingerprint density at radius 3 is 2.00 bits per heavy atom. The molecule has 1 fully saturated rings. The molecule has 166 valence electrons. The Balaban J connectivity index is 1.78. The third-order valence-electron chi connectivity index (χ3n) is 5.16. The minimum Gasteiger partial charge on any atom is -0.493 e. The van der Waals surface area contributed by atoms with E-state index < -0.39 is 11.7 Å². The van der Waals surface area contributed by atoms with Crippen LogP contribution in [0.1, 0.15) is 27.1 Å². The molecule has 1 heterocycles. The summed E-state index contributed by atoms with van der Waals surface area (Å²) >= 11 is 6.04. The fourth-order valence-corrected chi connectivity index (χ4v) is 3.81. The predicted molar refractivity (Wildman–Crippen MR) is 114 cm³/mol. The Morgan fingerprint density at radius 2 is 1.48 bits per heavy atom. The molecule has 9 heteroatoms. The van der Waals surface area contributed by atoms with Crippen LogP contribution in [0.4, 0.5) is 4.39 Å². The molecule has 1 aliphatic heterocycles. The van der Waals surface area contributed by atoms with Gasteiger partial charge < -0.3 is 24.0 Å². The molecule has 0 radical (unpaired) electrons. The molecule has 31 heavy (non-hydrogen) atoms.